The summed E-state index contributed by atoms with van der Waals surface area (Å²) < 4.78 is 11.0. The van der Waals surface area contributed by atoms with Crippen molar-refractivity contribution in [3.05, 3.63) is 35.5 Å². The molecule has 3 nitrogen and oxygen atoms in total. The van der Waals surface area contributed by atoms with Gasteiger partial charge >= 0.3 is 0 Å². The van der Waals surface area contributed by atoms with Crippen molar-refractivity contribution in [2.75, 3.05) is 20.8 Å². The van der Waals surface area contributed by atoms with Crippen LogP contribution in [0.3, 0.4) is 0 Å². The SMILES string of the molecule is C=C(C)C(CCC(C)=CCCC(C)=CCO)(OC)OC. The molecule has 0 atom stereocenters. The van der Waals surface area contributed by atoms with E-state index in [0.717, 1.165) is 31.3 Å². The minimum Gasteiger partial charge on any atom is -0.392 e. The molecule has 0 saturated carbocycles. The Hall–Kier alpha value is -0.900. The third-order valence-electron chi connectivity index (χ3n) is 3.63. The second-order valence-electron chi connectivity index (χ2n) is 5.26. The average molecular weight is 282 g/mol. The zero-order valence-corrected chi connectivity index (χ0v) is 13.7. The number of methoxy groups -OCH3 is 2. The van der Waals surface area contributed by atoms with E-state index in [2.05, 4.69) is 19.6 Å². The fraction of sp³-hybridized carbons (Fsp3) is 0.647. The molecular formula is C17H30O3. The number of hydrogen-bond donors (Lipinski definition) is 1. The van der Waals surface area contributed by atoms with Crippen molar-refractivity contribution in [3.8, 4) is 0 Å². The fourth-order valence-electron chi connectivity index (χ4n) is 2.12. The van der Waals surface area contributed by atoms with E-state index in [1.54, 1.807) is 14.2 Å². The van der Waals surface area contributed by atoms with E-state index in [1.807, 2.05) is 19.9 Å². The molecule has 116 valence electrons. The highest BCUT2D eigenvalue weighted by Gasteiger charge is 2.29. The summed E-state index contributed by atoms with van der Waals surface area (Å²) in [5.41, 5.74) is 3.43. The van der Waals surface area contributed by atoms with E-state index >= 15 is 0 Å². The van der Waals surface area contributed by atoms with Crippen LogP contribution in [-0.2, 0) is 9.47 Å². The number of aliphatic hydroxyl groups is 1. The molecular weight excluding hydrogens is 252 g/mol. The smallest absolute Gasteiger partial charge is 0.189 e. The molecule has 0 radical (unpaired) electrons. The number of aliphatic hydroxyl groups excluding tert-OH is 1. The highest BCUT2D eigenvalue weighted by molar-refractivity contribution is 5.09. The second-order valence-corrected chi connectivity index (χ2v) is 5.26. The average Bonchev–Trinajstić information content (AvgIpc) is 2.40. The minimum atomic E-state index is -0.679. The van der Waals surface area contributed by atoms with Crippen LogP contribution in [0, 0.1) is 0 Å². The van der Waals surface area contributed by atoms with Crippen molar-refractivity contribution in [2.24, 2.45) is 0 Å². The molecule has 0 aliphatic carbocycles. The molecule has 0 spiro atoms. The van der Waals surface area contributed by atoms with Gasteiger partial charge in [-0.05, 0) is 45.6 Å². The summed E-state index contributed by atoms with van der Waals surface area (Å²) in [6.45, 7) is 10.2. The maximum absolute atomic E-state index is 8.80. The Morgan fingerprint density at radius 3 is 2.05 bits per heavy atom. The van der Waals surface area contributed by atoms with Crippen LogP contribution >= 0.6 is 0 Å². The first kappa shape index (κ1) is 19.1. The van der Waals surface area contributed by atoms with Crippen molar-refractivity contribution < 1.29 is 14.6 Å². The van der Waals surface area contributed by atoms with Crippen LogP contribution < -0.4 is 0 Å². The topological polar surface area (TPSA) is 38.7 Å². The third kappa shape index (κ3) is 6.51. The first-order valence-electron chi connectivity index (χ1n) is 7.10. The minimum absolute atomic E-state index is 0.122. The number of allylic oxidation sites excluding steroid dienone is 3. The lowest BCUT2D eigenvalue weighted by atomic mass is 9.99. The molecule has 0 rings (SSSR count). The summed E-state index contributed by atoms with van der Waals surface area (Å²) in [6, 6.07) is 0. The largest absolute Gasteiger partial charge is 0.392 e. The third-order valence-corrected chi connectivity index (χ3v) is 3.63. The standard InChI is InChI=1S/C17H30O3/c1-14(2)17(19-5,20-6)12-10-15(3)8-7-9-16(4)11-13-18/h8,11,18H,1,7,9-10,12-13H2,2-6H3. The van der Waals surface area contributed by atoms with Crippen molar-refractivity contribution in [1.29, 1.82) is 0 Å². The maximum atomic E-state index is 8.80. The van der Waals surface area contributed by atoms with Crippen molar-refractivity contribution in [1.82, 2.24) is 0 Å². The van der Waals surface area contributed by atoms with E-state index in [1.165, 1.54) is 11.1 Å². The Morgan fingerprint density at radius 1 is 1.05 bits per heavy atom. The monoisotopic (exact) mass is 282 g/mol. The normalized spacial score (nSPS) is 13.7. The van der Waals surface area contributed by atoms with Crippen LogP contribution in [0.15, 0.2) is 35.5 Å². The zero-order chi connectivity index (χ0) is 15.6. The highest BCUT2D eigenvalue weighted by atomic mass is 16.7. The van der Waals surface area contributed by atoms with Gasteiger partial charge in [0.05, 0.1) is 6.61 Å². The number of hydrogen-bond acceptors (Lipinski definition) is 3. The lowest BCUT2D eigenvalue weighted by Gasteiger charge is -2.31. The van der Waals surface area contributed by atoms with Gasteiger partial charge in [0, 0.05) is 20.6 Å². The summed E-state index contributed by atoms with van der Waals surface area (Å²) in [6.07, 6.45) is 7.75. The van der Waals surface area contributed by atoms with Crippen LogP contribution in [0.1, 0.15) is 46.5 Å². The molecule has 1 N–H and O–H groups in total. The molecule has 20 heavy (non-hydrogen) atoms. The Balaban J connectivity index is 4.36. The van der Waals surface area contributed by atoms with Crippen LogP contribution in [-0.4, -0.2) is 31.7 Å². The van der Waals surface area contributed by atoms with Crippen LogP contribution in [0.5, 0.6) is 0 Å². The van der Waals surface area contributed by atoms with E-state index in [9.17, 15) is 0 Å². The molecule has 0 amide bonds. The van der Waals surface area contributed by atoms with E-state index in [-0.39, 0.29) is 6.61 Å². The predicted molar refractivity (Wildman–Crippen MR) is 84.6 cm³/mol. The van der Waals surface area contributed by atoms with Gasteiger partial charge in [-0.2, -0.15) is 0 Å². The van der Waals surface area contributed by atoms with Crippen molar-refractivity contribution in [2.45, 2.75) is 52.2 Å². The highest BCUT2D eigenvalue weighted by Crippen LogP contribution is 2.28. The first-order chi connectivity index (χ1) is 9.41. The molecule has 0 heterocycles. The van der Waals surface area contributed by atoms with Gasteiger partial charge in [0.1, 0.15) is 0 Å². The fourth-order valence-corrected chi connectivity index (χ4v) is 2.12. The van der Waals surface area contributed by atoms with E-state index in [0.29, 0.717) is 0 Å². The van der Waals surface area contributed by atoms with Gasteiger partial charge < -0.3 is 14.6 Å². The molecule has 0 saturated heterocycles. The molecule has 0 bridgehead atoms. The van der Waals surface area contributed by atoms with Gasteiger partial charge in [0.25, 0.3) is 0 Å². The predicted octanol–water partition coefficient (Wildman–Crippen LogP) is 4.00. The molecule has 0 unspecified atom stereocenters. The zero-order valence-electron chi connectivity index (χ0n) is 13.7. The van der Waals surface area contributed by atoms with Crippen molar-refractivity contribution >= 4 is 0 Å². The van der Waals surface area contributed by atoms with Crippen LogP contribution in [0.4, 0.5) is 0 Å². The number of ether oxygens (including phenoxy) is 2. The first-order valence-corrected chi connectivity index (χ1v) is 7.10. The van der Waals surface area contributed by atoms with Gasteiger partial charge in [-0.3, -0.25) is 0 Å². The maximum Gasteiger partial charge on any atom is 0.189 e. The molecule has 0 aliphatic heterocycles. The van der Waals surface area contributed by atoms with Gasteiger partial charge in [0.15, 0.2) is 5.79 Å². The summed E-state index contributed by atoms with van der Waals surface area (Å²) in [4.78, 5) is 0. The summed E-state index contributed by atoms with van der Waals surface area (Å²) in [7, 11) is 3.31. The Morgan fingerprint density at radius 2 is 1.60 bits per heavy atom. The molecule has 0 aliphatic rings. The van der Waals surface area contributed by atoms with Crippen LogP contribution in [0.2, 0.25) is 0 Å². The van der Waals surface area contributed by atoms with Gasteiger partial charge in [-0.15, -0.1) is 0 Å². The molecule has 3 heteroatoms. The Labute approximate surface area is 124 Å². The molecule has 0 fully saturated rings. The van der Waals surface area contributed by atoms with Crippen molar-refractivity contribution in [3.63, 3.8) is 0 Å². The molecule has 0 aromatic heterocycles. The lowest BCUT2D eigenvalue weighted by molar-refractivity contribution is -0.181. The molecule has 0 aromatic carbocycles. The molecule has 0 aromatic rings. The lowest BCUT2D eigenvalue weighted by Crippen LogP contribution is -2.34. The summed E-state index contributed by atoms with van der Waals surface area (Å²) in [5.74, 6) is -0.679. The Bertz CT molecular complexity index is 349. The Kier molecular flexibility index (Phi) is 9.47. The quantitative estimate of drug-likeness (QED) is 0.486. The van der Waals surface area contributed by atoms with E-state index in [4.69, 9.17) is 14.6 Å². The van der Waals surface area contributed by atoms with Gasteiger partial charge in [-0.25, -0.2) is 0 Å². The van der Waals surface area contributed by atoms with E-state index < -0.39 is 5.79 Å². The van der Waals surface area contributed by atoms with Crippen LogP contribution in [0.25, 0.3) is 0 Å². The van der Waals surface area contributed by atoms with Gasteiger partial charge in [0.2, 0.25) is 0 Å². The van der Waals surface area contributed by atoms with Gasteiger partial charge in [-0.1, -0.05) is 29.9 Å². The summed E-state index contributed by atoms with van der Waals surface area (Å²) >= 11 is 0. The summed E-state index contributed by atoms with van der Waals surface area (Å²) in [5, 5.41) is 8.80. The number of rotatable bonds is 10. The second kappa shape index (κ2) is 9.92.